The predicted octanol–water partition coefficient (Wildman–Crippen LogP) is 1.11. The van der Waals surface area contributed by atoms with Crippen LogP contribution < -0.4 is 5.32 Å². The molecule has 0 aliphatic heterocycles. The number of Topliss-reactive ketones (excluding diaryl/α,β-unsaturated/α-hetero) is 1. The molecule has 98 valence electrons. The Morgan fingerprint density at radius 2 is 1.78 bits per heavy atom. The lowest BCUT2D eigenvalue weighted by Crippen LogP contribution is -2.36. The molecule has 0 fully saturated rings. The van der Waals surface area contributed by atoms with Crippen LogP contribution in [0.2, 0.25) is 0 Å². The lowest BCUT2D eigenvalue weighted by atomic mass is 10.1. The molecule has 0 spiro atoms. The number of rotatable bonds is 6. The monoisotopic (exact) mass is 248 g/mol. The van der Waals surface area contributed by atoms with E-state index in [2.05, 4.69) is 12.2 Å². The number of carbonyl (C=O) groups excluding carboxylic acids is 2. The topological polar surface area (TPSA) is 49.4 Å². The second kappa shape index (κ2) is 6.91. The molecule has 1 aromatic rings. The molecule has 0 aromatic heterocycles. The van der Waals surface area contributed by atoms with E-state index in [4.69, 9.17) is 0 Å². The molecule has 0 unspecified atom stereocenters. The van der Waals surface area contributed by atoms with Crippen LogP contribution in [0.5, 0.6) is 0 Å². The maximum absolute atomic E-state index is 12.0. The van der Waals surface area contributed by atoms with Gasteiger partial charge in [-0.2, -0.15) is 0 Å². The van der Waals surface area contributed by atoms with Crippen LogP contribution in [0.25, 0.3) is 0 Å². The van der Waals surface area contributed by atoms with Crippen molar-refractivity contribution >= 4 is 11.7 Å². The van der Waals surface area contributed by atoms with Gasteiger partial charge in [0, 0.05) is 12.6 Å². The van der Waals surface area contributed by atoms with Crippen molar-refractivity contribution in [3.63, 3.8) is 0 Å². The zero-order valence-corrected chi connectivity index (χ0v) is 11.2. The Kier molecular flexibility index (Phi) is 5.52. The second-order valence-corrected chi connectivity index (χ2v) is 4.32. The van der Waals surface area contributed by atoms with Crippen molar-refractivity contribution in [3.05, 3.63) is 35.4 Å². The first-order valence-corrected chi connectivity index (χ1v) is 6.08. The summed E-state index contributed by atoms with van der Waals surface area (Å²) in [6.45, 7) is 2.56. The van der Waals surface area contributed by atoms with E-state index in [-0.39, 0.29) is 24.8 Å². The van der Waals surface area contributed by atoms with Crippen molar-refractivity contribution in [1.82, 2.24) is 10.2 Å². The van der Waals surface area contributed by atoms with E-state index in [0.717, 1.165) is 6.42 Å². The van der Waals surface area contributed by atoms with Crippen molar-refractivity contribution in [1.29, 1.82) is 0 Å². The Bertz CT molecular complexity index is 412. The van der Waals surface area contributed by atoms with Crippen LogP contribution in [-0.2, 0) is 11.2 Å². The zero-order chi connectivity index (χ0) is 13.5. The second-order valence-electron chi connectivity index (χ2n) is 4.32. The molecule has 0 aliphatic carbocycles. The SMILES string of the molecule is CCc1ccc(C(=O)CN(C)CC(=O)NC)cc1. The Morgan fingerprint density at radius 1 is 1.17 bits per heavy atom. The fraction of sp³-hybridized carbons (Fsp3) is 0.429. The summed E-state index contributed by atoms with van der Waals surface area (Å²) < 4.78 is 0. The van der Waals surface area contributed by atoms with Crippen LogP contribution in [0, 0.1) is 0 Å². The number of ketones is 1. The van der Waals surface area contributed by atoms with Gasteiger partial charge in [-0.1, -0.05) is 31.2 Å². The van der Waals surface area contributed by atoms with Crippen LogP contribution in [0.4, 0.5) is 0 Å². The van der Waals surface area contributed by atoms with Gasteiger partial charge in [-0.15, -0.1) is 0 Å². The van der Waals surface area contributed by atoms with Crippen LogP contribution in [0.3, 0.4) is 0 Å². The molecule has 1 N–H and O–H groups in total. The fourth-order valence-electron chi connectivity index (χ4n) is 1.64. The molecule has 0 radical (unpaired) electrons. The molecule has 0 aliphatic rings. The van der Waals surface area contributed by atoms with Crippen LogP contribution >= 0.6 is 0 Å². The molecule has 0 heterocycles. The van der Waals surface area contributed by atoms with Crippen molar-refractivity contribution in [2.75, 3.05) is 27.2 Å². The minimum absolute atomic E-state index is 0.0315. The first-order valence-electron chi connectivity index (χ1n) is 6.08. The highest BCUT2D eigenvalue weighted by molar-refractivity contribution is 5.97. The summed E-state index contributed by atoms with van der Waals surface area (Å²) in [6.07, 6.45) is 0.963. The molecule has 0 saturated carbocycles. The number of aryl methyl sites for hydroxylation is 1. The summed E-state index contributed by atoms with van der Waals surface area (Å²) in [4.78, 5) is 24.8. The van der Waals surface area contributed by atoms with Crippen molar-refractivity contribution in [3.8, 4) is 0 Å². The van der Waals surface area contributed by atoms with Crippen molar-refractivity contribution in [2.45, 2.75) is 13.3 Å². The minimum Gasteiger partial charge on any atom is -0.358 e. The number of nitrogens with zero attached hydrogens (tertiary/aromatic N) is 1. The maximum atomic E-state index is 12.0. The number of amides is 1. The van der Waals surface area contributed by atoms with E-state index in [9.17, 15) is 9.59 Å². The molecule has 1 rings (SSSR count). The highest BCUT2D eigenvalue weighted by Gasteiger charge is 2.11. The predicted molar refractivity (Wildman–Crippen MR) is 71.7 cm³/mol. The van der Waals surface area contributed by atoms with E-state index < -0.39 is 0 Å². The molecule has 1 amide bonds. The maximum Gasteiger partial charge on any atom is 0.233 e. The Balaban J connectivity index is 2.56. The van der Waals surface area contributed by atoms with E-state index in [0.29, 0.717) is 5.56 Å². The lowest BCUT2D eigenvalue weighted by Gasteiger charge is -2.14. The molecule has 0 saturated heterocycles. The molecule has 1 aromatic carbocycles. The molecule has 0 bridgehead atoms. The normalized spacial score (nSPS) is 10.4. The third kappa shape index (κ3) is 4.30. The van der Waals surface area contributed by atoms with Gasteiger partial charge in [-0.25, -0.2) is 0 Å². The summed E-state index contributed by atoms with van der Waals surface area (Å²) in [6, 6.07) is 7.61. The molecule has 4 heteroatoms. The van der Waals surface area contributed by atoms with Crippen LogP contribution in [-0.4, -0.2) is 43.8 Å². The number of benzene rings is 1. The first-order chi connectivity index (χ1) is 8.56. The smallest absolute Gasteiger partial charge is 0.233 e. The number of carbonyl (C=O) groups is 2. The average Bonchev–Trinajstić information content (AvgIpc) is 2.38. The molecule has 18 heavy (non-hydrogen) atoms. The standard InChI is InChI=1S/C14H20N2O2/c1-4-11-5-7-12(8-6-11)13(17)9-16(3)10-14(18)15-2/h5-8H,4,9-10H2,1-3H3,(H,15,18). The summed E-state index contributed by atoms with van der Waals surface area (Å²) in [5, 5.41) is 2.53. The average molecular weight is 248 g/mol. The van der Waals surface area contributed by atoms with Gasteiger partial charge in [0.2, 0.25) is 5.91 Å². The molecule has 0 atom stereocenters. The Hall–Kier alpha value is -1.68. The van der Waals surface area contributed by atoms with E-state index >= 15 is 0 Å². The fourth-order valence-corrected chi connectivity index (χ4v) is 1.64. The third-order valence-electron chi connectivity index (χ3n) is 2.79. The van der Waals surface area contributed by atoms with Gasteiger partial charge < -0.3 is 5.32 Å². The summed E-state index contributed by atoms with van der Waals surface area (Å²) >= 11 is 0. The molecule has 4 nitrogen and oxygen atoms in total. The van der Waals surface area contributed by atoms with Gasteiger partial charge in [0.05, 0.1) is 13.1 Å². The zero-order valence-electron chi connectivity index (χ0n) is 11.2. The highest BCUT2D eigenvalue weighted by atomic mass is 16.2. The van der Waals surface area contributed by atoms with Gasteiger partial charge in [0.25, 0.3) is 0 Å². The van der Waals surface area contributed by atoms with Gasteiger partial charge in [0.1, 0.15) is 0 Å². The highest BCUT2D eigenvalue weighted by Crippen LogP contribution is 2.06. The summed E-state index contributed by atoms with van der Waals surface area (Å²) in [7, 11) is 3.34. The van der Waals surface area contributed by atoms with Gasteiger partial charge in [0.15, 0.2) is 5.78 Å². The first kappa shape index (κ1) is 14.4. The van der Waals surface area contributed by atoms with E-state index in [1.165, 1.54) is 5.56 Å². The third-order valence-corrected chi connectivity index (χ3v) is 2.79. The van der Waals surface area contributed by atoms with Crippen LogP contribution in [0.15, 0.2) is 24.3 Å². The number of hydrogen-bond donors (Lipinski definition) is 1. The largest absolute Gasteiger partial charge is 0.358 e. The van der Waals surface area contributed by atoms with Gasteiger partial charge in [-0.3, -0.25) is 14.5 Å². The van der Waals surface area contributed by atoms with Gasteiger partial charge >= 0.3 is 0 Å². The van der Waals surface area contributed by atoms with Crippen molar-refractivity contribution < 1.29 is 9.59 Å². The van der Waals surface area contributed by atoms with E-state index in [1.807, 2.05) is 24.3 Å². The Labute approximate surface area is 108 Å². The molecular weight excluding hydrogens is 228 g/mol. The summed E-state index contributed by atoms with van der Waals surface area (Å²) in [5.41, 5.74) is 1.90. The number of likely N-dealkylation sites (N-methyl/N-ethyl adjacent to an activating group) is 2. The van der Waals surface area contributed by atoms with E-state index in [1.54, 1.807) is 19.0 Å². The quantitative estimate of drug-likeness (QED) is 0.767. The van der Waals surface area contributed by atoms with Crippen molar-refractivity contribution in [2.24, 2.45) is 0 Å². The van der Waals surface area contributed by atoms with Crippen LogP contribution in [0.1, 0.15) is 22.8 Å². The lowest BCUT2D eigenvalue weighted by molar-refractivity contribution is -0.121. The van der Waals surface area contributed by atoms with Gasteiger partial charge in [-0.05, 0) is 19.0 Å². The molecular formula is C14H20N2O2. The Morgan fingerprint density at radius 3 is 2.28 bits per heavy atom. The number of nitrogens with one attached hydrogen (secondary N) is 1. The number of hydrogen-bond acceptors (Lipinski definition) is 3. The summed E-state index contributed by atoms with van der Waals surface area (Å²) in [5.74, 6) is -0.0595. The minimum atomic E-state index is -0.0911.